The second kappa shape index (κ2) is 18.0. The van der Waals surface area contributed by atoms with E-state index in [9.17, 15) is 24.0 Å². The third-order valence-corrected chi connectivity index (χ3v) is 10.5. The van der Waals surface area contributed by atoms with Gasteiger partial charge in [-0.25, -0.2) is 24.2 Å². The molecule has 2 aliphatic rings. The maximum Gasteiger partial charge on any atom is 0.407 e. The number of imide groups is 2. The third kappa shape index (κ3) is 10.0. The minimum Gasteiger partial charge on any atom is -0.444 e. The standard InChI is InChI=1S/C25H30N6O5.C18H21N7O3/c1-16-21(17(2)36-28-16)14-30-13-20(11-27-30)31-22(32)15-29(24(31)34)12-19-8-6-7-18(9-19)10-26-23(33)35-25(3,4)5;1-11-14(6-22(4)20-11)7-23-10-17(26)25(18(23)27)15-5-19-24(8-15)9-16-12(2)21-28-13(16)3/h6-9,11,13H,10,12,14-15H2,1-5H3,(H,26,33);5-6,8H,7,9-10H2,1-4H3. The summed E-state index contributed by atoms with van der Waals surface area (Å²) in [5, 5.41) is 23.5. The first kappa shape index (κ1) is 44.5. The SMILES string of the molecule is Cc1nn(C)cc1CN1CC(=O)N(c2cnn(Cc3c(C)noc3C)c2)C1=O.Cc1noc(C)c1Cn1cc(N2C(=O)CN(Cc3cccc(CNC(=O)OC(C)(C)C)c3)C2=O)cn1. The highest BCUT2D eigenvalue weighted by atomic mass is 16.6. The number of amides is 7. The maximum absolute atomic E-state index is 13.1. The first-order valence-corrected chi connectivity index (χ1v) is 20.5. The number of rotatable bonds is 12. The molecule has 0 radical (unpaired) electrons. The van der Waals surface area contributed by atoms with E-state index in [2.05, 4.69) is 30.9 Å². The van der Waals surface area contributed by atoms with Gasteiger partial charge >= 0.3 is 18.2 Å². The first-order valence-electron chi connectivity index (χ1n) is 20.5. The Kier molecular flexibility index (Phi) is 12.5. The van der Waals surface area contributed by atoms with E-state index in [1.54, 1.807) is 47.2 Å². The molecule has 1 aromatic carbocycles. The fourth-order valence-corrected chi connectivity index (χ4v) is 7.30. The molecule has 5 aromatic heterocycles. The number of ether oxygens (including phenoxy) is 1. The van der Waals surface area contributed by atoms with E-state index < -0.39 is 17.7 Å². The summed E-state index contributed by atoms with van der Waals surface area (Å²) < 4.78 is 20.6. The van der Waals surface area contributed by atoms with Crippen LogP contribution in [0.5, 0.6) is 0 Å². The number of nitrogens with one attached hydrogen (secondary N) is 1. The van der Waals surface area contributed by atoms with Crippen LogP contribution >= 0.6 is 0 Å². The first-order chi connectivity index (χ1) is 30.3. The summed E-state index contributed by atoms with van der Waals surface area (Å²) in [6.45, 7) is 16.4. The van der Waals surface area contributed by atoms with Gasteiger partial charge in [0.05, 0.1) is 60.5 Å². The van der Waals surface area contributed by atoms with Gasteiger partial charge in [-0.3, -0.25) is 23.6 Å². The van der Waals surface area contributed by atoms with Gasteiger partial charge in [0.25, 0.3) is 11.8 Å². The van der Waals surface area contributed by atoms with Crippen LogP contribution in [0.25, 0.3) is 0 Å². The molecule has 0 unspecified atom stereocenters. The van der Waals surface area contributed by atoms with Gasteiger partial charge in [0.15, 0.2) is 0 Å². The van der Waals surface area contributed by atoms with Crippen LogP contribution in [0, 0.1) is 34.6 Å². The lowest BCUT2D eigenvalue weighted by Gasteiger charge is -2.20. The Morgan fingerprint density at radius 1 is 0.719 bits per heavy atom. The van der Waals surface area contributed by atoms with E-state index in [1.807, 2.05) is 72.1 Å². The van der Waals surface area contributed by atoms with Crippen molar-refractivity contribution in [2.45, 2.75) is 93.7 Å². The van der Waals surface area contributed by atoms with Crippen LogP contribution in [-0.4, -0.2) is 98.1 Å². The fourth-order valence-electron chi connectivity index (χ4n) is 7.30. The molecule has 336 valence electrons. The number of anilines is 2. The molecule has 2 fully saturated rings. The van der Waals surface area contributed by atoms with Gasteiger partial charge in [-0.05, 0) is 66.5 Å². The summed E-state index contributed by atoms with van der Waals surface area (Å²) in [6, 6.07) is 6.72. The van der Waals surface area contributed by atoms with Crippen LogP contribution in [0.3, 0.4) is 0 Å². The smallest absolute Gasteiger partial charge is 0.407 e. The summed E-state index contributed by atoms with van der Waals surface area (Å²) in [6.07, 6.45) is 7.72. The van der Waals surface area contributed by atoms with Crippen molar-refractivity contribution >= 4 is 41.3 Å². The Hall–Kier alpha value is -7.58. The third-order valence-electron chi connectivity index (χ3n) is 10.5. The van der Waals surface area contributed by atoms with Crippen molar-refractivity contribution in [3.63, 3.8) is 0 Å². The average molecular weight is 878 g/mol. The molecule has 21 heteroatoms. The Labute approximate surface area is 368 Å². The zero-order valence-electron chi connectivity index (χ0n) is 37.3. The lowest BCUT2D eigenvalue weighted by atomic mass is 10.1. The number of carbonyl (C=O) groups excluding carboxylic acids is 5. The highest BCUT2D eigenvalue weighted by molar-refractivity contribution is 6.20. The van der Waals surface area contributed by atoms with Crippen molar-refractivity contribution in [2.75, 3.05) is 22.9 Å². The summed E-state index contributed by atoms with van der Waals surface area (Å²) in [4.78, 5) is 68.3. The molecule has 21 nitrogen and oxygen atoms in total. The monoisotopic (exact) mass is 877 g/mol. The number of alkyl carbamates (subject to hydrolysis) is 1. The zero-order valence-corrected chi connectivity index (χ0v) is 37.3. The summed E-state index contributed by atoms with van der Waals surface area (Å²) in [5.74, 6) is 0.830. The molecular weight excluding hydrogens is 827 g/mol. The van der Waals surface area contributed by atoms with Gasteiger partial charge in [0, 0.05) is 55.4 Å². The molecule has 2 saturated heterocycles. The van der Waals surface area contributed by atoms with Crippen molar-refractivity contribution in [3.8, 4) is 0 Å². The van der Waals surface area contributed by atoms with Crippen molar-refractivity contribution in [1.29, 1.82) is 0 Å². The Bertz CT molecular complexity index is 2680. The van der Waals surface area contributed by atoms with Gasteiger partial charge < -0.3 is 28.9 Å². The van der Waals surface area contributed by atoms with Crippen LogP contribution < -0.4 is 15.1 Å². The van der Waals surface area contributed by atoms with E-state index in [4.69, 9.17) is 13.8 Å². The highest BCUT2D eigenvalue weighted by Crippen LogP contribution is 2.26. The topological polar surface area (TPSA) is 225 Å². The number of urea groups is 2. The van der Waals surface area contributed by atoms with Crippen molar-refractivity contribution in [1.82, 2.24) is 54.8 Å². The number of aryl methyl sites for hydroxylation is 6. The Morgan fingerprint density at radius 2 is 1.23 bits per heavy atom. The summed E-state index contributed by atoms with van der Waals surface area (Å²) in [5.41, 5.74) is 7.15. The summed E-state index contributed by atoms with van der Waals surface area (Å²) in [7, 11) is 1.83. The molecule has 0 saturated carbocycles. The molecular formula is C43H51N13O8. The molecule has 0 aliphatic carbocycles. The number of aromatic nitrogens is 8. The molecule has 7 amide bonds. The van der Waals surface area contributed by atoms with E-state index in [0.717, 1.165) is 55.6 Å². The van der Waals surface area contributed by atoms with Crippen molar-refractivity contribution in [3.05, 3.63) is 112 Å². The van der Waals surface area contributed by atoms with Crippen molar-refractivity contribution < 1.29 is 37.8 Å². The van der Waals surface area contributed by atoms with E-state index in [1.165, 1.54) is 27.1 Å². The van der Waals surface area contributed by atoms with E-state index in [0.29, 0.717) is 36.8 Å². The Morgan fingerprint density at radius 3 is 1.70 bits per heavy atom. The lowest BCUT2D eigenvalue weighted by Crippen LogP contribution is -2.32. The number of carbonyl (C=O) groups is 5. The van der Waals surface area contributed by atoms with Crippen LogP contribution in [0.15, 0.2) is 64.3 Å². The number of hydrogen-bond donors (Lipinski definition) is 1. The zero-order chi connectivity index (χ0) is 46.0. The quantitative estimate of drug-likeness (QED) is 0.159. The molecule has 0 bridgehead atoms. The average Bonchev–Trinajstić information content (AvgIpc) is 4.11. The van der Waals surface area contributed by atoms with E-state index in [-0.39, 0.29) is 44.0 Å². The Balaban J connectivity index is 0.000000197. The second-order valence-electron chi connectivity index (χ2n) is 16.7. The summed E-state index contributed by atoms with van der Waals surface area (Å²) >= 11 is 0. The minimum atomic E-state index is -0.578. The molecule has 0 spiro atoms. The van der Waals surface area contributed by atoms with Gasteiger partial charge in [0.1, 0.15) is 30.2 Å². The number of hydrogen-bond acceptors (Lipinski definition) is 13. The molecule has 0 atom stereocenters. The van der Waals surface area contributed by atoms with E-state index >= 15 is 0 Å². The van der Waals surface area contributed by atoms with Crippen LogP contribution in [0.1, 0.15) is 77.2 Å². The number of nitrogens with zero attached hydrogens (tertiary/aromatic N) is 12. The lowest BCUT2D eigenvalue weighted by molar-refractivity contribution is -0.117. The van der Waals surface area contributed by atoms with Crippen LogP contribution in [0.2, 0.25) is 0 Å². The number of benzene rings is 1. The van der Waals surface area contributed by atoms with Crippen LogP contribution in [0.4, 0.5) is 25.8 Å². The van der Waals surface area contributed by atoms with Gasteiger partial charge in [0.2, 0.25) is 0 Å². The predicted octanol–water partition coefficient (Wildman–Crippen LogP) is 5.08. The molecule has 1 N–H and O–H groups in total. The van der Waals surface area contributed by atoms with Gasteiger partial charge in [-0.1, -0.05) is 34.6 Å². The molecule has 8 rings (SSSR count). The minimum absolute atomic E-state index is 0.0300. The molecule has 6 aromatic rings. The highest BCUT2D eigenvalue weighted by Gasteiger charge is 2.39. The van der Waals surface area contributed by atoms with Crippen molar-refractivity contribution in [2.24, 2.45) is 7.05 Å². The fraction of sp³-hybridized carbons (Fsp3) is 0.395. The van der Waals surface area contributed by atoms with Gasteiger partial charge in [-0.2, -0.15) is 15.3 Å². The molecule has 64 heavy (non-hydrogen) atoms. The predicted molar refractivity (Wildman–Crippen MR) is 229 cm³/mol. The normalized spacial score (nSPS) is 14.3. The van der Waals surface area contributed by atoms with Crippen LogP contribution in [-0.2, 0) is 54.1 Å². The molecule has 2 aliphatic heterocycles. The van der Waals surface area contributed by atoms with Gasteiger partial charge in [-0.15, -0.1) is 0 Å². The maximum atomic E-state index is 13.1. The largest absolute Gasteiger partial charge is 0.444 e. The molecule has 7 heterocycles. The second-order valence-corrected chi connectivity index (χ2v) is 16.7.